The van der Waals surface area contributed by atoms with Crippen LogP contribution >= 0.6 is 0 Å². The first-order valence-electron chi connectivity index (χ1n) is 25.0. The number of fused-ring (bicyclic) bond motifs is 3. The lowest BCUT2D eigenvalue weighted by Crippen LogP contribution is -2.24. The van der Waals surface area contributed by atoms with Crippen molar-refractivity contribution in [2.24, 2.45) is 23.5 Å². The van der Waals surface area contributed by atoms with Crippen LogP contribution in [0.15, 0.2) is 146 Å². The lowest BCUT2D eigenvalue weighted by atomic mass is 9.99. The molecule has 0 bridgehead atoms. The van der Waals surface area contributed by atoms with Gasteiger partial charge in [-0.2, -0.15) is 0 Å². The lowest BCUT2D eigenvalue weighted by molar-refractivity contribution is -0.138. The van der Waals surface area contributed by atoms with Crippen LogP contribution in [0.4, 0.5) is 30.6 Å². The molecule has 0 saturated heterocycles. The molecule has 9 aromatic rings. The fourth-order valence-corrected chi connectivity index (χ4v) is 8.63. The Balaban J connectivity index is 0.000000132. The molecule has 11 N–H and O–H groups in total. The van der Waals surface area contributed by atoms with Crippen LogP contribution in [-0.2, 0) is 34.0 Å². The highest BCUT2D eigenvalue weighted by Crippen LogP contribution is 2.34. The number of amides is 2. The van der Waals surface area contributed by atoms with E-state index in [4.69, 9.17) is 28.0 Å². The molecule has 0 atom stereocenters. The second-order valence-corrected chi connectivity index (χ2v) is 19.1. The molecule has 3 aromatic heterocycles. The third-order valence-corrected chi connectivity index (χ3v) is 13.4. The van der Waals surface area contributed by atoms with Gasteiger partial charge in [-0.1, -0.05) is 72.8 Å². The average Bonchev–Trinajstić information content (AvgIpc) is 4.25. The maximum atomic E-state index is 13.5. The minimum Gasteiger partial charge on any atom is -0.481 e. The molecular weight excluding hydrogens is 968 g/mol. The van der Waals surface area contributed by atoms with Crippen LogP contribution in [0.3, 0.4) is 0 Å². The molecule has 0 aliphatic heterocycles. The summed E-state index contributed by atoms with van der Waals surface area (Å²) in [5, 5.41) is 19.3. The molecule has 16 heteroatoms. The normalized spacial score (nSPS) is 13.6. The number of nitrogens with one attached hydrogen (secondary N) is 2. The van der Waals surface area contributed by atoms with Gasteiger partial charge in [-0.3, -0.25) is 14.4 Å². The fraction of sp³-hybridized carbons (Fsp3) is 0.200. The molecule has 0 unspecified atom stereocenters. The van der Waals surface area contributed by atoms with E-state index >= 15 is 0 Å². The second-order valence-electron chi connectivity index (χ2n) is 19.1. The Labute approximate surface area is 436 Å². The highest BCUT2D eigenvalue weighted by atomic mass is 19.1. The Morgan fingerprint density at radius 3 is 1.05 bits per heavy atom. The average molecular weight is 1020 g/mol. The minimum absolute atomic E-state index is 0.0185. The quantitative estimate of drug-likeness (QED) is 0.0643. The van der Waals surface area contributed by atoms with E-state index < -0.39 is 5.97 Å². The van der Waals surface area contributed by atoms with Crippen LogP contribution in [-0.4, -0.2) is 37.8 Å². The van der Waals surface area contributed by atoms with Crippen LogP contribution in [0, 0.1) is 35.2 Å². The molecule has 386 valence electrons. The zero-order valence-corrected chi connectivity index (χ0v) is 41.4. The van der Waals surface area contributed by atoms with Gasteiger partial charge in [0.05, 0.1) is 5.92 Å². The van der Waals surface area contributed by atoms with Gasteiger partial charge in [-0.15, -0.1) is 0 Å². The number of carbonyl (C=O) groups is 3. The first-order valence-corrected chi connectivity index (χ1v) is 25.0. The number of anilines is 3. The van der Waals surface area contributed by atoms with Crippen molar-refractivity contribution < 1.29 is 32.7 Å². The van der Waals surface area contributed by atoms with Crippen molar-refractivity contribution in [3.05, 3.63) is 180 Å². The Morgan fingerprint density at radius 2 is 0.763 bits per heavy atom. The van der Waals surface area contributed by atoms with Crippen molar-refractivity contribution in [3.8, 4) is 33.4 Å². The van der Waals surface area contributed by atoms with Crippen LogP contribution in [0.2, 0.25) is 0 Å². The summed E-state index contributed by atoms with van der Waals surface area (Å²) in [4.78, 5) is 46.1. The summed E-state index contributed by atoms with van der Waals surface area (Å²) in [6, 6.07) is 36.8. The van der Waals surface area contributed by atoms with Gasteiger partial charge >= 0.3 is 5.97 Å². The number of aromatic nitrogens is 3. The summed E-state index contributed by atoms with van der Waals surface area (Å²) in [5.74, 6) is 0.416. The number of hydrogen-bond acceptors (Lipinski definition) is 10. The Kier molecular flexibility index (Phi) is 15.8. The third kappa shape index (κ3) is 12.9. The number of halogens is 3. The summed E-state index contributed by atoms with van der Waals surface area (Å²) < 4.78 is 40.3. The van der Waals surface area contributed by atoms with E-state index in [1.165, 1.54) is 36.4 Å². The van der Waals surface area contributed by atoms with Crippen LogP contribution in [0.25, 0.3) is 65.7 Å². The van der Waals surface area contributed by atoms with E-state index in [0.717, 1.165) is 121 Å². The van der Waals surface area contributed by atoms with E-state index in [9.17, 15) is 27.6 Å². The van der Waals surface area contributed by atoms with Gasteiger partial charge in [0, 0.05) is 66.2 Å². The predicted molar refractivity (Wildman–Crippen MR) is 292 cm³/mol. The molecule has 3 aliphatic carbocycles. The summed E-state index contributed by atoms with van der Waals surface area (Å²) in [6.07, 6.45) is 10.8. The van der Waals surface area contributed by atoms with Gasteiger partial charge in [0.25, 0.3) is 0 Å². The van der Waals surface area contributed by atoms with Crippen molar-refractivity contribution in [1.29, 1.82) is 0 Å². The van der Waals surface area contributed by atoms with Crippen molar-refractivity contribution in [2.75, 3.05) is 17.2 Å². The molecule has 3 fully saturated rings. The smallest absolute Gasteiger partial charge is 0.306 e. The minimum atomic E-state index is -0.630. The number of pyridine rings is 3. The van der Waals surface area contributed by atoms with Gasteiger partial charge in [-0.05, 0) is 159 Å². The topological polar surface area (TPSA) is 238 Å². The highest BCUT2D eigenvalue weighted by molar-refractivity contribution is 5.98. The molecule has 6 aromatic carbocycles. The maximum absolute atomic E-state index is 13.5. The van der Waals surface area contributed by atoms with E-state index in [1.807, 2.05) is 72.8 Å². The fourth-order valence-electron chi connectivity index (χ4n) is 8.63. The number of carbonyl (C=O) groups excluding carboxylic acids is 2. The number of nitrogens with two attached hydrogens (primary N) is 4. The SMILES string of the molecule is NCc1cnc(N)c2cc(-c3cccc(F)c3)ccc12.Nc1ncc(CNC(=O)C2CC2)c2ccc(-c3cccc(F)c3)cc12.Nc1ncc(CNC(=O)C2CC2)c2ccc(-c3cccc(F)c3)cc12.O=C(O)C1CC1. The van der Waals surface area contributed by atoms with Gasteiger partial charge in [0.15, 0.2) is 0 Å². The summed E-state index contributed by atoms with van der Waals surface area (Å²) in [5.41, 5.74) is 31.5. The van der Waals surface area contributed by atoms with Crippen LogP contribution in [0.5, 0.6) is 0 Å². The zero-order valence-electron chi connectivity index (χ0n) is 41.4. The largest absolute Gasteiger partial charge is 0.481 e. The first-order chi connectivity index (χ1) is 36.7. The summed E-state index contributed by atoms with van der Waals surface area (Å²) in [6.45, 7) is 1.26. The zero-order chi connectivity index (χ0) is 53.5. The molecule has 0 spiro atoms. The number of nitrogen functional groups attached to an aromatic ring is 3. The molecule has 3 heterocycles. The number of carboxylic acid groups (broad SMARTS) is 1. The van der Waals surface area contributed by atoms with Gasteiger partial charge in [0.2, 0.25) is 11.8 Å². The second kappa shape index (κ2) is 23.1. The molecule has 3 saturated carbocycles. The lowest BCUT2D eigenvalue weighted by Gasteiger charge is -2.11. The molecule has 2 amide bonds. The maximum Gasteiger partial charge on any atom is 0.306 e. The molecule has 3 aliphatic rings. The summed E-state index contributed by atoms with van der Waals surface area (Å²) in [7, 11) is 0. The Morgan fingerprint density at radius 1 is 0.447 bits per heavy atom. The Hall–Kier alpha value is -8.89. The molecule has 76 heavy (non-hydrogen) atoms. The molecular formula is C60H56F3N9O4. The number of carboxylic acids is 1. The van der Waals surface area contributed by atoms with Crippen molar-refractivity contribution in [3.63, 3.8) is 0 Å². The van der Waals surface area contributed by atoms with E-state index in [-0.39, 0.29) is 47.0 Å². The standard InChI is InChI=1S/2C20H18FN3O.C16H14FN3.C4H6O2/c2*21-16-3-1-2-13(8-16)14-6-7-17-15(10-23-19(22)18(17)9-14)11-24-20(25)12-4-5-12;17-13-3-1-2-10(6-13)11-4-5-14-12(8-18)9-20-16(19)15(14)7-11;5-4(6)3-1-2-3/h2*1-3,6-10,12H,4-5,11H2,(H2,22,23)(H,24,25);1-7,9H,8,18H2,(H2,19,20);3H,1-2H2,(H,5,6). The predicted octanol–water partition coefficient (Wildman–Crippen LogP) is 10.9. The number of hydrogen-bond donors (Lipinski definition) is 7. The van der Waals surface area contributed by atoms with E-state index in [2.05, 4.69) is 25.6 Å². The number of aliphatic carboxylic acids is 1. The third-order valence-electron chi connectivity index (χ3n) is 13.4. The first kappa shape index (κ1) is 52.0. The van der Waals surface area contributed by atoms with Crippen molar-refractivity contribution in [1.82, 2.24) is 25.6 Å². The van der Waals surface area contributed by atoms with Crippen LogP contribution in [0.1, 0.15) is 55.2 Å². The van der Waals surface area contributed by atoms with Gasteiger partial charge in [0.1, 0.15) is 34.9 Å². The number of benzene rings is 6. The molecule has 13 nitrogen and oxygen atoms in total. The van der Waals surface area contributed by atoms with Crippen molar-refractivity contribution in [2.45, 2.75) is 58.2 Å². The number of rotatable bonds is 11. The van der Waals surface area contributed by atoms with E-state index in [1.54, 1.807) is 36.8 Å². The summed E-state index contributed by atoms with van der Waals surface area (Å²) >= 11 is 0. The van der Waals surface area contributed by atoms with Gasteiger partial charge < -0.3 is 38.7 Å². The number of nitrogens with zero attached hydrogens (tertiary/aromatic N) is 3. The van der Waals surface area contributed by atoms with E-state index in [0.29, 0.717) is 37.1 Å². The highest BCUT2D eigenvalue weighted by Gasteiger charge is 2.30. The Bertz CT molecular complexity index is 3480. The monoisotopic (exact) mass is 1020 g/mol. The molecule has 0 radical (unpaired) electrons. The van der Waals surface area contributed by atoms with Gasteiger partial charge in [-0.25, -0.2) is 28.1 Å². The van der Waals surface area contributed by atoms with Crippen LogP contribution < -0.4 is 33.6 Å². The molecule has 12 rings (SSSR count). The van der Waals surface area contributed by atoms with Crippen molar-refractivity contribution >= 4 is 67.6 Å².